The zero-order valence-electron chi connectivity index (χ0n) is 11.1. The fourth-order valence-electron chi connectivity index (χ4n) is 1.69. The van der Waals surface area contributed by atoms with E-state index >= 15 is 0 Å². The number of anilines is 1. The van der Waals surface area contributed by atoms with Gasteiger partial charge in [-0.3, -0.25) is 4.79 Å². The lowest BCUT2D eigenvalue weighted by molar-refractivity contribution is -0.121. The maximum Gasteiger partial charge on any atom is 0.221 e. The van der Waals surface area contributed by atoms with Gasteiger partial charge in [0.25, 0.3) is 0 Å². The van der Waals surface area contributed by atoms with Gasteiger partial charge in [-0.05, 0) is 32.4 Å². The molecule has 18 heavy (non-hydrogen) atoms. The molecule has 1 aromatic rings. The zero-order valence-corrected chi connectivity index (χ0v) is 11.1. The number of nitriles is 1. The second-order valence-electron chi connectivity index (χ2n) is 4.51. The summed E-state index contributed by atoms with van der Waals surface area (Å²) in [6, 6.07) is 7.86. The average molecular weight is 245 g/mol. The SMILES string of the molecule is Cc1cccc(C#N)c1NCCC(=O)NC(C)C. The number of nitrogens with one attached hydrogen (secondary N) is 2. The van der Waals surface area contributed by atoms with Crippen LogP contribution >= 0.6 is 0 Å². The normalized spacial score (nSPS) is 9.94. The Balaban J connectivity index is 2.55. The van der Waals surface area contributed by atoms with Crippen LogP contribution in [0, 0.1) is 18.3 Å². The van der Waals surface area contributed by atoms with Crippen LogP contribution in [0.5, 0.6) is 0 Å². The molecule has 0 saturated heterocycles. The van der Waals surface area contributed by atoms with Gasteiger partial charge in [-0.15, -0.1) is 0 Å². The van der Waals surface area contributed by atoms with E-state index in [1.165, 1.54) is 0 Å². The van der Waals surface area contributed by atoms with Gasteiger partial charge in [0.2, 0.25) is 5.91 Å². The number of aryl methyl sites for hydroxylation is 1. The Morgan fingerprint density at radius 1 is 1.44 bits per heavy atom. The number of carbonyl (C=O) groups is 1. The van der Waals surface area contributed by atoms with Crippen molar-refractivity contribution in [1.82, 2.24) is 5.32 Å². The van der Waals surface area contributed by atoms with E-state index < -0.39 is 0 Å². The molecular weight excluding hydrogens is 226 g/mol. The molecule has 0 saturated carbocycles. The maximum atomic E-state index is 11.5. The fourth-order valence-corrected chi connectivity index (χ4v) is 1.69. The van der Waals surface area contributed by atoms with Crippen LogP contribution in [0.3, 0.4) is 0 Å². The summed E-state index contributed by atoms with van der Waals surface area (Å²) in [6.45, 7) is 6.33. The molecule has 2 N–H and O–H groups in total. The largest absolute Gasteiger partial charge is 0.383 e. The summed E-state index contributed by atoms with van der Waals surface area (Å²) >= 11 is 0. The molecule has 4 nitrogen and oxygen atoms in total. The van der Waals surface area contributed by atoms with E-state index in [-0.39, 0.29) is 11.9 Å². The van der Waals surface area contributed by atoms with Crippen molar-refractivity contribution in [1.29, 1.82) is 5.26 Å². The third kappa shape index (κ3) is 4.10. The predicted molar refractivity (Wildman–Crippen MR) is 72.3 cm³/mol. The third-order valence-electron chi connectivity index (χ3n) is 2.50. The standard InChI is InChI=1S/C14H19N3O/c1-10(2)17-13(18)7-8-16-14-11(3)5-4-6-12(14)9-15/h4-6,10,16H,7-8H2,1-3H3,(H,17,18). The van der Waals surface area contributed by atoms with Crippen molar-refractivity contribution in [3.63, 3.8) is 0 Å². The quantitative estimate of drug-likeness (QED) is 0.835. The lowest BCUT2D eigenvalue weighted by atomic mass is 10.1. The smallest absolute Gasteiger partial charge is 0.221 e. The summed E-state index contributed by atoms with van der Waals surface area (Å²) in [4.78, 5) is 11.5. The van der Waals surface area contributed by atoms with Gasteiger partial charge >= 0.3 is 0 Å². The number of carbonyl (C=O) groups excluding carboxylic acids is 1. The molecule has 1 aromatic carbocycles. The topological polar surface area (TPSA) is 64.9 Å². The molecule has 1 amide bonds. The van der Waals surface area contributed by atoms with E-state index in [1.54, 1.807) is 6.07 Å². The number of hydrogen-bond donors (Lipinski definition) is 2. The molecular formula is C14H19N3O. The van der Waals surface area contributed by atoms with E-state index in [1.807, 2.05) is 32.9 Å². The lowest BCUT2D eigenvalue weighted by Crippen LogP contribution is -2.31. The first-order chi connectivity index (χ1) is 8.54. The van der Waals surface area contributed by atoms with Crippen LogP contribution in [0.15, 0.2) is 18.2 Å². The van der Waals surface area contributed by atoms with E-state index in [0.29, 0.717) is 18.5 Å². The van der Waals surface area contributed by atoms with Crippen LogP contribution in [0.25, 0.3) is 0 Å². The molecule has 0 aliphatic carbocycles. The summed E-state index contributed by atoms with van der Waals surface area (Å²) in [7, 11) is 0. The van der Waals surface area contributed by atoms with Gasteiger partial charge in [-0.25, -0.2) is 0 Å². The molecule has 0 heterocycles. The van der Waals surface area contributed by atoms with Crippen molar-refractivity contribution < 1.29 is 4.79 Å². The first-order valence-corrected chi connectivity index (χ1v) is 6.07. The van der Waals surface area contributed by atoms with Crippen molar-refractivity contribution in [2.24, 2.45) is 0 Å². The van der Waals surface area contributed by atoms with Crippen LogP contribution in [-0.2, 0) is 4.79 Å². The average Bonchev–Trinajstić information content (AvgIpc) is 2.30. The Kier molecular flexibility index (Phi) is 5.19. The van der Waals surface area contributed by atoms with E-state index in [9.17, 15) is 4.79 Å². The number of benzene rings is 1. The van der Waals surface area contributed by atoms with Crippen LogP contribution in [-0.4, -0.2) is 18.5 Å². The minimum atomic E-state index is 0.0181. The highest BCUT2D eigenvalue weighted by atomic mass is 16.1. The Bertz CT molecular complexity index is 461. The zero-order chi connectivity index (χ0) is 13.5. The Hall–Kier alpha value is -2.02. The number of hydrogen-bond acceptors (Lipinski definition) is 3. The van der Waals surface area contributed by atoms with Gasteiger partial charge in [0, 0.05) is 19.0 Å². The molecule has 0 aliphatic heterocycles. The fraction of sp³-hybridized carbons (Fsp3) is 0.429. The monoisotopic (exact) mass is 245 g/mol. The Morgan fingerprint density at radius 3 is 2.78 bits per heavy atom. The molecule has 0 spiro atoms. The summed E-state index contributed by atoms with van der Waals surface area (Å²) in [5.74, 6) is 0.0181. The molecule has 1 rings (SSSR count). The first-order valence-electron chi connectivity index (χ1n) is 6.07. The van der Waals surface area contributed by atoms with Crippen molar-refractivity contribution in [3.8, 4) is 6.07 Å². The number of rotatable bonds is 5. The Morgan fingerprint density at radius 2 is 2.17 bits per heavy atom. The highest BCUT2D eigenvalue weighted by molar-refractivity contribution is 5.77. The molecule has 0 bridgehead atoms. The predicted octanol–water partition coefficient (Wildman–Crippen LogP) is 2.19. The van der Waals surface area contributed by atoms with E-state index in [2.05, 4.69) is 16.7 Å². The molecule has 96 valence electrons. The summed E-state index contributed by atoms with van der Waals surface area (Å²) in [5.41, 5.74) is 2.44. The molecule has 0 aromatic heterocycles. The lowest BCUT2D eigenvalue weighted by Gasteiger charge is -2.12. The van der Waals surface area contributed by atoms with Gasteiger partial charge in [-0.2, -0.15) is 5.26 Å². The van der Waals surface area contributed by atoms with Gasteiger partial charge < -0.3 is 10.6 Å². The van der Waals surface area contributed by atoms with Gasteiger partial charge in [0.15, 0.2) is 0 Å². The van der Waals surface area contributed by atoms with Gasteiger partial charge in [0.1, 0.15) is 6.07 Å². The van der Waals surface area contributed by atoms with Gasteiger partial charge in [-0.1, -0.05) is 12.1 Å². The maximum absolute atomic E-state index is 11.5. The van der Waals surface area contributed by atoms with Crippen molar-refractivity contribution in [2.75, 3.05) is 11.9 Å². The summed E-state index contributed by atoms with van der Waals surface area (Å²) in [5, 5.41) is 15.0. The highest BCUT2D eigenvalue weighted by Crippen LogP contribution is 2.19. The molecule has 0 atom stereocenters. The second-order valence-corrected chi connectivity index (χ2v) is 4.51. The molecule has 4 heteroatoms. The minimum Gasteiger partial charge on any atom is -0.383 e. The van der Waals surface area contributed by atoms with Gasteiger partial charge in [0.05, 0.1) is 11.3 Å². The van der Waals surface area contributed by atoms with Crippen LogP contribution in [0.4, 0.5) is 5.69 Å². The van der Waals surface area contributed by atoms with Crippen molar-refractivity contribution in [3.05, 3.63) is 29.3 Å². The van der Waals surface area contributed by atoms with Crippen LogP contribution < -0.4 is 10.6 Å². The van der Waals surface area contributed by atoms with E-state index in [0.717, 1.165) is 11.3 Å². The van der Waals surface area contributed by atoms with Crippen LogP contribution in [0.2, 0.25) is 0 Å². The number of para-hydroxylation sites is 1. The summed E-state index contributed by atoms with van der Waals surface area (Å²) in [6.07, 6.45) is 0.400. The molecule has 0 radical (unpaired) electrons. The van der Waals surface area contributed by atoms with Crippen LogP contribution in [0.1, 0.15) is 31.4 Å². The molecule has 0 aliphatic rings. The minimum absolute atomic E-state index is 0.0181. The third-order valence-corrected chi connectivity index (χ3v) is 2.50. The van der Waals surface area contributed by atoms with E-state index in [4.69, 9.17) is 5.26 Å². The van der Waals surface area contributed by atoms with Crippen molar-refractivity contribution in [2.45, 2.75) is 33.2 Å². The summed E-state index contributed by atoms with van der Waals surface area (Å²) < 4.78 is 0. The molecule has 0 unspecified atom stereocenters. The van der Waals surface area contributed by atoms with Crippen molar-refractivity contribution >= 4 is 11.6 Å². The molecule has 0 fully saturated rings. The Labute approximate surface area is 108 Å². The first kappa shape index (κ1) is 14.0. The second kappa shape index (κ2) is 6.65. The number of nitrogens with zero attached hydrogens (tertiary/aromatic N) is 1. The highest BCUT2D eigenvalue weighted by Gasteiger charge is 2.06. The number of amides is 1.